The topological polar surface area (TPSA) is 24.1 Å². The Bertz CT molecular complexity index is 460. The zero-order valence-corrected chi connectivity index (χ0v) is 10.8. The van der Waals surface area contributed by atoms with Gasteiger partial charge in [0.2, 0.25) is 0 Å². The van der Waals surface area contributed by atoms with Gasteiger partial charge in [-0.15, -0.1) is 0 Å². The second-order valence-corrected chi connectivity index (χ2v) is 4.08. The van der Waals surface area contributed by atoms with Crippen molar-refractivity contribution in [2.45, 2.75) is 0 Å². The van der Waals surface area contributed by atoms with E-state index in [1.165, 1.54) is 11.1 Å². The molecule has 2 N–H and O–H groups in total. The largest absolute Gasteiger partial charge is 0.388 e. The van der Waals surface area contributed by atoms with Crippen LogP contribution >= 0.6 is 0 Å². The highest BCUT2D eigenvalue weighted by Crippen LogP contribution is 2.14. The Kier molecular flexibility index (Phi) is 4.02. The lowest BCUT2D eigenvalue weighted by atomic mass is 10.1. The minimum absolute atomic E-state index is 1.13. The molecule has 0 bridgehead atoms. The van der Waals surface area contributed by atoms with Gasteiger partial charge in [0.05, 0.1) is 0 Å². The smallest absolute Gasteiger partial charge is 0.0337 e. The number of anilines is 2. The predicted molar refractivity (Wildman–Crippen MR) is 80.9 cm³/mol. The molecule has 0 aliphatic heterocycles. The first kappa shape index (κ1) is 12.2. The van der Waals surface area contributed by atoms with E-state index >= 15 is 0 Å². The molecule has 0 spiro atoms. The van der Waals surface area contributed by atoms with Crippen LogP contribution in [0.1, 0.15) is 11.1 Å². The molecule has 0 heterocycles. The third-order valence-electron chi connectivity index (χ3n) is 2.87. The minimum Gasteiger partial charge on any atom is -0.388 e. The van der Waals surface area contributed by atoms with Gasteiger partial charge in [0.15, 0.2) is 0 Å². The standard InChI is InChI=1S/C16H18N2/c1-17-15-9-5-13(6-10-15)3-4-14-7-11-16(18-2)12-8-14/h3-12,17-18H,1-2H3/b4-3+. The lowest BCUT2D eigenvalue weighted by Gasteiger charge is -2.01. The minimum atomic E-state index is 1.13. The van der Waals surface area contributed by atoms with E-state index in [4.69, 9.17) is 0 Å². The fourth-order valence-electron chi connectivity index (χ4n) is 1.71. The number of hydrogen-bond donors (Lipinski definition) is 2. The fourth-order valence-corrected chi connectivity index (χ4v) is 1.71. The average Bonchev–Trinajstić information content (AvgIpc) is 2.46. The van der Waals surface area contributed by atoms with Crippen molar-refractivity contribution in [2.24, 2.45) is 0 Å². The van der Waals surface area contributed by atoms with Crippen molar-refractivity contribution >= 4 is 23.5 Å². The molecule has 92 valence electrons. The Labute approximate surface area is 108 Å². The summed E-state index contributed by atoms with van der Waals surface area (Å²) in [6, 6.07) is 16.7. The first-order valence-electron chi connectivity index (χ1n) is 6.05. The molecule has 2 aromatic rings. The summed E-state index contributed by atoms with van der Waals surface area (Å²) in [5.74, 6) is 0. The van der Waals surface area contributed by atoms with Gasteiger partial charge in [-0.25, -0.2) is 0 Å². The highest BCUT2D eigenvalue weighted by atomic mass is 14.8. The van der Waals surface area contributed by atoms with E-state index in [1.54, 1.807) is 0 Å². The second-order valence-electron chi connectivity index (χ2n) is 4.08. The van der Waals surface area contributed by atoms with Crippen molar-refractivity contribution in [1.29, 1.82) is 0 Å². The second kappa shape index (κ2) is 5.92. The fraction of sp³-hybridized carbons (Fsp3) is 0.125. The zero-order chi connectivity index (χ0) is 12.8. The molecular formula is C16H18N2. The molecule has 0 fully saturated rings. The molecule has 0 saturated heterocycles. The van der Waals surface area contributed by atoms with Gasteiger partial charge in [0.25, 0.3) is 0 Å². The quantitative estimate of drug-likeness (QED) is 0.788. The van der Waals surface area contributed by atoms with Crippen LogP contribution in [0, 0.1) is 0 Å². The van der Waals surface area contributed by atoms with Gasteiger partial charge in [-0.3, -0.25) is 0 Å². The average molecular weight is 238 g/mol. The third kappa shape index (κ3) is 3.14. The predicted octanol–water partition coefficient (Wildman–Crippen LogP) is 3.94. The summed E-state index contributed by atoms with van der Waals surface area (Å²) < 4.78 is 0. The van der Waals surface area contributed by atoms with Gasteiger partial charge in [0, 0.05) is 25.5 Å². The van der Waals surface area contributed by atoms with Gasteiger partial charge in [-0.05, 0) is 35.4 Å². The SMILES string of the molecule is CNc1ccc(/C=C/c2ccc(NC)cc2)cc1. The van der Waals surface area contributed by atoms with E-state index in [1.807, 2.05) is 14.1 Å². The highest BCUT2D eigenvalue weighted by molar-refractivity contribution is 5.71. The monoisotopic (exact) mass is 238 g/mol. The molecule has 0 aliphatic rings. The van der Waals surface area contributed by atoms with Crippen LogP contribution in [-0.4, -0.2) is 14.1 Å². The highest BCUT2D eigenvalue weighted by Gasteiger charge is 1.91. The van der Waals surface area contributed by atoms with Crippen LogP contribution in [0.2, 0.25) is 0 Å². The Morgan fingerprint density at radius 2 is 0.944 bits per heavy atom. The van der Waals surface area contributed by atoms with Crippen LogP contribution in [0.5, 0.6) is 0 Å². The van der Waals surface area contributed by atoms with Crippen LogP contribution in [0.15, 0.2) is 48.5 Å². The maximum Gasteiger partial charge on any atom is 0.0337 e. The lowest BCUT2D eigenvalue weighted by molar-refractivity contribution is 1.50. The lowest BCUT2D eigenvalue weighted by Crippen LogP contribution is -1.86. The van der Waals surface area contributed by atoms with Gasteiger partial charge >= 0.3 is 0 Å². The first-order valence-corrected chi connectivity index (χ1v) is 6.05. The van der Waals surface area contributed by atoms with Crippen LogP contribution in [0.4, 0.5) is 11.4 Å². The van der Waals surface area contributed by atoms with Crippen LogP contribution < -0.4 is 10.6 Å². The Balaban J connectivity index is 2.08. The Morgan fingerprint density at radius 1 is 0.611 bits per heavy atom. The maximum atomic E-state index is 3.11. The molecule has 0 aliphatic carbocycles. The van der Waals surface area contributed by atoms with Gasteiger partial charge < -0.3 is 10.6 Å². The Hall–Kier alpha value is -2.22. The molecule has 2 heteroatoms. The number of rotatable bonds is 4. The van der Waals surface area contributed by atoms with E-state index in [9.17, 15) is 0 Å². The molecule has 0 amide bonds. The molecule has 0 atom stereocenters. The molecule has 0 radical (unpaired) electrons. The van der Waals surface area contributed by atoms with Gasteiger partial charge in [-0.1, -0.05) is 36.4 Å². The summed E-state index contributed by atoms with van der Waals surface area (Å²) in [5, 5.41) is 6.22. The van der Waals surface area contributed by atoms with Crippen molar-refractivity contribution in [2.75, 3.05) is 24.7 Å². The summed E-state index contributed by atoms with van der Waals surface area (Å²) in [6.45, 7) is 0. The summed E-state index contributed by atoms with van der Waals surface area (Å²) in [4.78, 5) is 0. The summed E-state index contributed by atoms with van der Waals surface area (Å²) >= 11 is 0. The van der Waals surface area contributed by atoms with E-state index in [0.717, 1.165) is 11.4 Å². The van der Waals surface area contributed by atoms with Crippen LogP contribution in [-0.2, 0) is 0 Å². The molecule has 0 aromatic heterocycles. The summed E-state index contributed by atoms with van der Waals surface area (Å²) in [7, 11) is 3.85. The molecule has 0 saturated carbocycles. The van der Waals surface area contributed by atoms with Crippen LogP contribution in [0.25, 0.3) is 12.2 Å². The van der Waals surface area contributed by atoms with E-state index < -0.39 is 0 Å². The number of hydrogen-bond acceptors (Lipinski definition) is 2. The van der Waals surface area contributed by atoms with Crippen molar-refractivity contribution < 1.29 is 0 Å². The van der Waals surface area contributed by atoms with Crippen LogP contribution in [0.3, 0.4) is 0 Å². The van der Waals surface area contributed by atoms with E-state index in [0.29, 0.717) is 0 Å². The molecule has 18 heavy (non-hydrogen) atoms. The van der Waals surface area contributed by atoms with Crippen molar-refractivity contribution in [3.63, 3.8) is 0 Å². The molecule has 2 nitrogen and oxygen atoms in total. The summed E-state index contributed by atoms with van der Waals surface area (Å²) in [6.07, 6.45) is 4.24. The van der Waals surface area contributed by atoms with Gasteiger partial charge in [-0.2, -0.15) is 0 Å². The van der Waals surface area contributed by atoms with Gasteiger partial charge in [0.1, 0.15) is 0 Å². The molecule has 2 aromatic carbocycles. The number of nitrogens with one attached hydrogen (secondary N) is 2. The molecular weight excluding hydrogens is 220 g/mol. The van der Waals surface area contributed by atoms with E-state index in [2.05, 4.69) is 71.3 Å². The van der Waals surface area contributed by atoms with E-state index in [-0.39, 0.29) is 0 Å². The first-order chi connectivity index (χ1) is 8.81. The molecule has 0 unspecified atom stereocenters. The van der Waals surface area contributed by atoms with Crippen molar-refractivity contribution in [3.8, 4) is 0 Å². The Morgan fingerprint density at radius 3 is 1.22 bits per heavy atom. The van der Waals surface area contributed by atoms with Crippen molar-refractivity contribution in [3.05, 3.63) is 59.7 Å². The third-order valence-corrected chi connectivity index (χ3v) is 2.87. The zero-order valence-electron chi connectivity index (χ0n) is 10.8. The normalized spacial score (nSPS) is 10.6. The summed E-state index contributed by atoms with van der Waals surface area (Å²) in [5.41, 5.74) is 4.66. The van der Waals surface area contributed by atoms with Crippen molar-refractivity contribution in [1.82, 2.24) is 0 Å². The number of benzene rings is 2. The molecule has 2 rings (SSSR count). The maximum absolute atomic E-state index is 3.11.